The zero-order chi connectivity index (χ0) is 12.1. The Morgan fingerprint density at radius 2 is 2.00 bits per heavy atom. The van der Waals surface area contributed by atoms with Gasteiger partial charge in [0.2, 0.25) is 0 Å². The van der Waals surface area contributed by atoms with Crippen LogP contribution in [0.5, 0.6) is 0 Å². The van der Waals surface area contributed by atoms with Crippen molar-refractivity contribution in [3.05, 3.63) is 12.2 Å². The summed E-state index contributed by atoms with van der Waals surface area (Å²) < 4.78 is 10.5. The summed E-state index contributed by atoms with van der Waals surface area (Å²) >= 11 is 0. The Morgan fingerprint density at radius 1 is 1.47 bits per heavy atom. The summed E-state index contributed by atoms with van der Waals surface area (Å²) in [6.07, 6.45) is 0. The van der Waals surface area contributed by atoms with Gasteiger partial charge >= 0.3 is 5.97 Å². The van der Waals surface area contributed by atoms with Crippen molar-refractivity contribution in [3.63, 3.8) is 0 Å². The van der Waals surface area contributed by atoms with Gasteiger partial charge in [0.05, 0.1) is 6.61 Å². The highest BCUT2D eigenvalue weighted by molar-refractivity contribution is 6.71. The molecule has 0 aromatic heterocycles. The first-order valence-corrected chi connectivity index (χ1v) is 8.28. The summed E-state index contributed by atoms with van der Waals surface area (Å²) in [5, 5.41) is 0. The highest BCUT2D eigenvalue weighted by Crippen LogP contribution is 2.17. The van der Waals surface area contributed by atoms with E-state index in [1.165, 1.54) is 0 Å². The summed E-state index contributed by atoms with van der Waals surface area (Å²) in [5.41, 5.74) is 0.449. The van der Waals surface area contributed by atoms with E-state index in [1.807, 2.05) is 0 Å². The summed E-state index contributed by atoms with van der Waals surface area (Å²) in [5.74, 6) is 0.0358. The van der Waals surface area contributed by atoms with Gasteiger partial charge in [0.15, 0.2) is 8.32 Å². The molecule has 0 aromatic rings. The molecule has 0 aliphatic rings. The largest absolute Gasteiger partial charge is 0.462 e. The molecule has 4 heteroatoms. The number of rotatable bonds is 6. The van der Waals surface area contributed by atoms with Gasteiger partial charge in [0, 0.05) is 12.7 Å². The predicted molar refractivity (Wildman–Crippen MR) is 64.2 cm³/mol. The Kier molecular flexibility index (Phi) is 5.83. The van der Waals surface area contributed by atoms with Crippen LogP contribution in [0.3, 0.4) is 0 Å². The van der Waals surface area contributed by atoms with Crippen molar-refractivity contribution in [1.29, 1.82) is 0 Å². The Hall–Kier alpha value is -0.613. The molecule has 0 rings (SSSR count). The van der Waals surface area contributed by atoms with Crippen LogP contribution in [0.2, 0.25) is 19.1 Å². The quantitative estimate of drug-likeness (QED) is 0.400. The van der Waals surface area contributed by atoms with E-state index in [0.717, 1.165) is 6.04 Å². The van der Waals surface area contributed by atoms with Crippen LogP contribution in [0.15, 0.2) is 12.2 Å². The first-order chi connectivity index (χ1) is 6.78. The van der Waals surface area contributed by atoms with Gasteiger partial charge in [-0.2, -0.15) is 0 Å². The number of ether oxygens (including phenoxy) is 1. The van der Waals surface area contributed by atoms with Crippen LogP contribution in [-0.2, 0) is 14.0 Å². The summed E-state index contributed by atoms with van der Waals surface area (Å²) in [4.78, 5) is 11.1. The minimum atomic E-state index is -1.55. The van der Waals surface area contributed by atoms with Gasteiger partial charge in [0.1, 0.15) is 0 Å². The number of hydrogen-bond acceptors (Lipinski definition) is 3. The molecule has 3 nitrogen and oxygen atoms in total. The first kappa shape index (κ1) is 14.4. The van der Waals surface area contributed by atoms with Gasteiger partial charge in [-0.1, -0.05) is 13.5 Å². The molecule has 0 fully saturated rings. The maximum atomic E-state index is 11.1. The van der Waals surface area contributed by atoms with Crippen molar-refractivity contribution in [2.75, 3.05) is 13.7 Å². The SMILES string of the molecule is C=C(C)C(=O)OCC(C)C[Si](C)(C)OC. The van der Waals surface area contributed by atoms with Crippen molar-refractivity contribution >= 4 is 14.3 Å². The molecule has 0 N–H and O–H groups in total. The van der Waals surface area contributed by atoms with Crippen LogP contribution in [-0.4, -0.2) is 28.0 Å². The van der Waals surface area contributed by atoms with Gasteiger partial charge in [-0.3, -0.25) is 0 Å². The molecule has 0 amide bonds. The molecule has 0 saturated heterocycles. The van der Waals surface area contributed by atoms with E-state index in [9.17, 15) is 4.79 Å². The van der Waals surface area contributed by atoms with Crippen molar-refractivity contribution in [2.24, 2.45) is 5.92 Å². The average Bonchev–Trinajstić information content (AvgIpc) is 2.13. The van der Waals surface area contributed by atoms with E-state index in [4.69, 9.17) is 9.16 Å². The second-order valence-electron chi connectivity index (χ2n) is 4.65. The molecule has 1 unspecified atom stereocenters. The molecule has 0 spiro atoms. The van der Waals surface area contributed by atoms with E-state index < -0.39 is 8.32 Å². The molecule has 15 heavy (non-hydrogen) atoms. The highest BCUT2D eigenvalue weighted by Gasteiger charge is 2.24. The number of hydrogen-bond donors (Lipinski definition) is 0. The Bertz CT molecular complexity index is 236. The minimum Gasteiger partial charge on any atom is -0.462 e. The minimum absolute atomic E-state index is 0.307. The van der Waals surface area contributed by atoms with Crippen LogP contribution in [0, 0.1) is 5.92 Å². The third-order valence-electron chi connectivity index (χ3n) is 2.24. The molecule has 1 atom stereocenters. The number of carbonyl (C=O) groups excluding carboxylic acids is 1. The van der Waals surface area contributed by atoms with Gasteiger partial charge in [-0.15, -0.1) is 0 Å². The Balaban J connectivity index is 3.90. The predicted octanol–water partition coefficient (Wildman–Crippen LogP) is 2.59. The summed E-state index contributed by atoms with van der Waals surface area (Å²) in [6.45, 7) is 12.0. The van der Waals surface area contributed by atoms with Crippen molar-refractivity contribution in [1.82, 2.24) is 0 Å². The standard InChI is InChI=1S/C11H22O3Si/c1-9(2)11(12)14-7-10(3)8-15(5,6)13-4/h10H,1,7-8H2,2-6H3. The van der Waals surface area contributed by atoms with E-state index in [-0.39, 0.29) is 5.97 Å². The van der Waals surface area contributed by atoms with Gasteiger partial charge < -0.3 is 9.16 Å². The summed E-state index contributed by atoms with van der Waals surface area (Å²) in [6, 6.07) is 0.993. The lowest BCUT2D eigenvalue weighted by atomic mass is 10.2. The maximum absolute atomic E-state index is 11.1. The molecule has 0 aliphatic carbocycles. The monoisotopic (exact) mass is 230 g/mol. The summed E-state index contributed by atoms with van der Waals surface area (Å²) in [7, 11) is 0.196. The van der Waals surface area contributed by atoms with Crippen LogP contribution in [0.4, 0.5) is 0 Å². The second-order valence-corrected chi connectivity index (χ2v) is 8.99. The van der Waals surface area contributed by atoms with Crippen molar-refractivity contribution in [3.8, 4) is 0 Å². The van der Waals surface area contributed by atoms with Crippen LogP contribution >= 0.6 is 0 Å². The fourth-order valence-electron chi connectivity index (χ4n) is 1.32. The van der Waals surface area contributed by atoms with Crippen LogP contribution in [0.1, 0.15) is 13.8 Å². The smallest absolute Gasteiger partial charge is 0.333 e. The van der Waals surface area contributed by atoms with Gasteiger partial charge in [0.25, 0.3) is 0 Å². The fraction of sp³-hybridized carbons (Fsp3) is 0.727. The molecule has 0 aliphatic heterocycles. The molecule has 0 radical (unpaired) electrons. The third-order valence-corrected chi connectivity index (χ3v) is 5.03. The van der Waals surface area contributed by atoms with E-state index in [0.29, 0.717) is 18.1 Å². The first-order valence-electron chi connectivity index (χ1n) is 5.16. The van der Waals surface area contributed by atoms with Crippen molar-refractivity contribution in [2.45, 2.75) is 33.0 Å². The Morgan fingerprint density at radius 3 is 2.40 bits per heavy atom. The van der Waals surface area contributed by atoms with Crippen molar-refractivity contribution < 1.29 is 14.0 Å². The number of esters is 1. The zero-order valence-electron chi connectivity index (χ0n) is 10.4. The van der Waals surface area contributed by atoms with E-state index in [2.05, 4.69) is 26.6 Å². The van der Waals surface area contributed by atoms with Gasteiger partial charge in [-0.25, -0.2) is 4.79 Å². The average molecular weight is 230 g/mol. The number of carbonyl (C=O) groups is 1. The molecule has 0 saturated carbocycles. The lowest BCUT2D eigenvalue weighted by Crippen LogP contribution is -2.32. The maximum Gasteiger partial charge on any atom is 0.333 e. The molecular formula is C11H22O3Si. The zero-order valence-corrected chi connectivity index (χ0v) is 11.4. The molecule has 88 valence electrons. The van der Waals surface area contributed by atoms with Crippen LogP contribution in [0.25, 0.3) is 0 Å². The second kappa shape index (κ2) is 6.08. The third kappa shape index (κ3) is 6.46. The lowest BCUT2D eigenvalue weighted by molar-refractivity contribution is -0.140. The Labute approximate surface area is 93.6 Å². The molecule has 0 heterocycles. The molecule has 0 bridgehead atoms. The van der Waals surface area contributed by atoms with E-state index in [1.54, 1.807) is 14.0 Å². The topological polar surface area (TPSA) is 35.5 Å². The lowest BCUT2D eigenvalue weighted by Gasteiger charge is -2.23. The van der Waals surface area contributed by atoms with Crippen LogP contribution < -0.4 is 0 Å². The highest BCUT2D eigenvalue weighted by atomic mass is 28.4. The molecular weight excluding hydrogens is 208 g/mol. The van der Waals surface area contributed by atoms with Gasteiger partial charge in [-0.05, 0) is 32.0 Å². The fourth-order valence-corrected chi connectivity index (χ4v) is 3.29. The normalized spacial score (nSPS) is 13.4. The van der Waals surface area contributed by atoms with E-state index >= 15 is 0 Å². The molecule has 0 aromatic carbocycles.